The molecule has 0 fully saturated rings. The molecule has 17 rings (SSSR count). The van der Waals surface area contributed by atoms with Gasteiger partial charge in [0.1, 0.15) is 0 Å². The highest BCUT2D eigenvalue weighted by Gasteiger charge is 2.60. The number of nitrogens with zero attached hydrogens (tertiary/aromatic N) is 2. The summed E-state index contributed by atoms with van der Waals surface area (Å²) in [5.41, 5.74) is 39.2. The molecule has 0 radical (unpaired) electrons. The summed E-state index contributed by atoms with van der Waals surface area (Å²) in [5, 5.41) is 0. The number of hydrogen-bond acceptors (Lipinski definition) is 2. The molecule has 0 aromatic carbocycles. The molecule has 0 amide bonds. The zero-order valence-electron chi connectivity index (χ0n) is 45.6. The lowest BCUT2D eigenvalue weighted by molar-refractivity contribution is 0.310. The minimum atomic E-state index is -0.103. The summed E-state index contributed by atoms with van der Waals surface area (Å²) in [5.74, 6) is 0. The standard InChI is InChI=1S/C64H78N4/c1-29-49-41-43(59(15)23-21-57(41,13)33(5)35(59)7)51(65-49)30(2)53-45-47(63(19)27-25-61(45,17)37(9)39(63)11)55(67-53)32(4)56-48-46(62(18)26-28-64(48,20)40(12)38(62)10)54(68-56)31(3)52-44-42(50(29)66-52)58(14)22-24-60(44,16)36(8)34(58)6/h65-66H,21-28H2,1-20H3. The third-order valence-electron chi connectivity index (χ3n) is 24.6. The Labute approximate surface area is 407 Å². The summed E-state index contributed by atoms with van der Waals surface area (Å²) in [6.45, 7) is 50.0. The highest BCUT2D eigenvalue weighted by molar-refractivity contribution is 6.07. The first-order chi connectivity index (χ1) is 31.6. The van der Waals surface area contributed by atoms with Crippen LogP contribution in [0.25, 0.3) is 44.4 Å². The van der Waals surface area contributed by atoms with E-state index in [0.717, 1.165) is 51.4 Å². The molecule has 354 valence electrons. The number of aryl methyl sites for hydroxylation is 3. The van der Waals surface area contributed by atoms with Gasteiger partial charge in [0.15, 0.2) is 0 Å². The molecule has 16 bridgehead atoms. The molecule has 12 aliphatic carbocycles. The number of aromatic nitrogens is 4. The quantitative estimate of drug-likeness (QED) is 0.221. The van der Waals surface area contributed by atoms with Crippen molar-refractivity contribution in [2.45, 2.75) is 212 Å². The Morgan fingerprint density at radius 3 is 0.706 bits per heavy atom. The predicted molar refractivity (Wildman–Crippen MR) is 286 cm³/mol. The van der Waals surface area contributed by atoms with Crippen molar-refractivity contribution in [3.05, 3.63) is 112 Å². The molecule has 3 aromatic rings. The van der Waals surface area contributed by atoms with Crippen LogP contribution in [-0.2, 0) is 21.7 Å². The first-order valence-corrected chi connectivity index (χ1v) is 26.7. The molecule has 3 aromatic heterocycles. The minimum Gasteiger partial charge on any atom is -0.354 e. The third-order valence-corrected chi connectivity index (χ3v) is 24.6. The van der Waals surface area contributed by atoms with Gasteiger partial charge in [-0.05, 0) is 196 Å². The van der Waals surface area contributed by atoms with Crippen molar-refractivity contribution in [1.82, 2.24) is 19.9 Å². The van der Waals surface area contributed by atoms with E-state index in [1.807, 2.05) is 0 Å². The number of hydrogen-bond donors (Lipinski definition) is 2. The monoisotopic (exact) mass is 903 g/mol. The Hall–Kier alpha value is -4.44. The molecule has 14 aliphatic rings. The number of fused-ring (bicyclic) bond motifs is 12. The molecule has 0 spiro atoms. The van der Waals surface area contributed by atoms with Gasteiger partial charge in [-0.2, -0.15) is 0 Å². The molecule has 8 atom stereocenters. The fourth-order valence-electron chi connectivity index (χ4n) is 18.3. The molecule has 4 nitrogen and oxygen atoms in total. The lowest BCUT2D eigenvalue weighted by Crippen LogP contribution is -2.45. The van der Waals surface area contributed by atoms with E-state index in [1.54, 1.807) is 44.6 Å². The smallest absolute Gasteiger partial charge is 0.0732 e. The van der Waals surface area contributed by atoms with Crippen LogP contribution in [-0.4, -0.2) is 19.9 Å². The van der Waals surface area contributed by atoms with Gasteiger partial charge in [-0.1, -0.05) is 100.0 Å². The highest BCUT2D eigenvalue weighted by Crippen LogP contribution is 2.72. The maximum Gasteiger partial charge on any atom is 0.0732 e. The van der Waals surface area contributed by atoms with Crippen LogP contribution in [0.5, 0.6) is 0 Å². The zero-order valence-corrected chi connectivity index (χ0v) is 45.6. The molecule has 0 saturated heterocycles. The second kappa shape index (κ2) is 12.2. The summed E-state index contributed by atoms with van der Waals surface area (Å²) in [4.78, 5) is 21.3. The SMILES string of the molecule is CC1=C(C)C2(C)CCC1(C)C1=C2c2nc1c(C)c1nc(c(C)c3[nH]c(c4c3C3(C)CCC4(C)C(C)=C3C)c(C)c3[nH]c(c2C)c2c3C3(C)CCC2(C)C(C)=C3C)C2=C1C1(C)CCC2(C)C(C)=C1C. The number of allylic oxidation sites excluding steroid dienone is 12. The van der Waals surface area contributed by atoms with E-state index in [4.69, 9.17) is 9.97 Å². The molecule has 8 unspecified atom stereocenters. The topological polar surface area (TPSA) is 57.4 Å². The predicted octanol–water partition coefficient (Wildman–Crippen LogP) is 17.0. The van der Waals surface area contributed by atoms with Crippen LogP contribution in [0.2, 0.25) is 0 Å². The van der Waals surface area contributed by atoms with Crippen molar-refractivity contribution < 1.29 is 0 Å². The van der Waals surface area contributed by atoms with Crippen LogP contribution in [0.15, 0.2) is 44.6 Å². The molecule has 0 saturated carbocycles. The Balaban J connectivity index is 1.32. The average molecular weight is 903 g/mol. The van der Waals surface area contributed by atoms with E-state index in [-0.39, 0.29) is 43.3 Å². The fourth-order valence-corrected chi connectivity index (χ4v) is 18.3. The van der Waals surface area contributed by atoms with Gasteiger partial charge in [-0.25, -0.2) is 9.97 Å². The summed E-state index contributed by atoms with van der Waals surface area (Å²) < 4.78 is 0. The van der Waals surface area contributed by atoms with Gasteiger partial charge in [-0.15, -0.1) is 0 Å². The van der Waals surface area contributed by atoms with Crippen LogP contribution in [0.1, 0.15) is 229 Å². The average Bonchev–Trinajstić information content (AvgIpc) is 4.12. The van der Waals surface area contributed by atoms with Gasteiger partial charge in [0.05, 0.1) is 22.8 Å². The van der Waals surface area contributed by atoms with Crippen LogP contribution in [0, 0.1) is 49.4 Å². The lowest BCUT2D eigenvalue weighted by Gasteiger charge is -2.53. The van der Waals surface area contributed by atoms with Crippen LogP contribution < -0.4 is 0 Å². The number of rotatable bonds is 0. The molecule has 5 heterocycles. The first-order valence-electron chi connectivity index (χ1n) is 26.7. The normalized spacial score (nSPS) is 37.4. The van der Waals surface area contributed by atoms with Crippen molar-refractivity contribution in [2.75, 3.05) is 0 Å². The zero-order chi connectivity index (χ0) is 48.7. The van der Waals surface area contributed by atoms with E-state index >= 15 is 0 Å². The minimum absolute atomic E-state index is 0.0728. The van der Waals surface area contributed by atoms with Gasteiger partial charge in [0, 0.05) is 71.0 Å². The molecular formula is C64H78N4. The van der Waals surface area contributed by atoms with Gasteiger partial charge >= 0.3 is 0 Å². The van der Waals surface area contributed by atoms with Crippen molar-refractivity contribution in [2.24, 2.45) is 21.7 Å². The van der Waals surface area contributed by atoms with Gasteiger partial charge < -0.3 is 9.97 Å². The van der Waals surface area contributed by atoms with E-state index < -0.39 is 0 Å². The summed E-state index contributed by atoms with van der Waals surface area (Å²) in [6, 6.07) is 0. The van der Waals surface area contributed by atoms with Crippen LogP contribution in [0.3, 0.4) is 0 Å². The molecular weight excluding hydrogens is 825 g/mol. The second-order valence-corrected chi connectivity index (χ2v) is 26.5. The van der Waals surface area contributed by atoms with E-state index in [0.29, 0.717) is 0 Å². The summed E-state index contributed by atoms with van der Waals surface area (Å²) >= 11 is 0. The van der Waals surface area contributed by atoms with Crippen LogP contribution in [0.4, 0.5) is 0 Å². The summed E-state index contributed by atoms with van der Waals surface area (Å²) in [7, 11) is 0. The van der Waals surface area contributed by atoms with Crippen molar-refractivity contribution in [1.29, 1.82) is 0 Å². The Kier molecular flexibility index (Phi) is 7.80. The molecule has 2 N–H and O–H groups in total. The lowest BCUT2D eigenvalue weighted by atomic mass is 9.49. The van der Waals surface area contributed by atoms with Gasteiger partial charge in [0.2, 0.25) is 0 Å². The van der Waals surface area contributed by atoms with Crippen molar-refractivity contribution in [3.8, 4) is 0 Å². The first kappa shape index (κ1) is 43.6. The molecule has 4 heteroatoms. The number of aromatic amines is 2. The fraction of sp³-hybridized carbons (Fsp3) is 0.562. The largest absolute Gasteiger partial charge is 0.354 e. The molecule has 68 heavy (non-hydrogen) atoms. The highest BCUT2D eigenvalue weighted by atomic mass is 14.9. The maximum atomic E-state index is 6.19. The van der Waals surface area contributed by atoms with E-state index in [2.05, 4.69) is 148 Å². The second-order valence-electron chi connectivity index (χ2n) is 26.5. The Morgan fingerprint density at radius 2 is 0.456 bits per heavy atom. The van der Waals surface area contributed by atoms with Gasteiger partial charge in [0.25, 0.3) is 0 Å². The van der Waals surface area contributed by atoms with E-state index in [9.17, 15) is 0 Å². The maximum absolute atomic E-state index is 6.19. The number of nitrogens with one attached hydrogen (secondary N) is 2. The van der Waals surface area contributed by atoms with Gasteiger partial charge in [-0.3, -0.25) is 0 Å². The number of H-pyrrole nitrogens is 2. The molecule has 2 aliphatic heterocycles. The third kappa shape index (κ3) is 4.21. The van der Waals surface area contributed by atoms with Crippen molar-refractivity contribution >= 4 is 44.4 Å². The summed E-state index contributed by atoms with van der Waals surface area (Å²) in [6.07, 6.45) is 9.24. The van der Waals surface area contributed by atoms with Crippen LogP contribution >= 0.6 is 0 Å². The Bertz CT molecular complexity index is 3260. The Morgan fingerprint density at radius 1 is 0.265 bits per heavy atom. The van der Waals surface area contributed by atoms with E-state index in [1.165, 1.54) is 112 Å². The van der Waals surface area contributed by atoms with Crippen molar-refractivity contribution in [3.63, 3.8) is 0 Å².